The molecule has 2 unspecified atom stereocenters. The lowest BCUT2D eigenvalue weighted by Gasteiger charge is -2.26. The van der Waals surface area contributed by atoms with Crippen LogP contribution in [-0.2, 0) is 6.54 Å². The van der Waals surface area contributed by atoms with Gasteiger partial charge in [0.1, 0.15) is 5.76 Å². The first kappa shape index (κ1) is 12.6. The molecule has 0 aliphatic carbocycles. The quantitative estimate of drug-likeness (QED) is 0.853. The Hall–Kier alpha value is -0.840. The van der Waals surface area contributed by atoms with Crippen LogP contribution in [0.3, 0.4) is 0 Å². The Labute approximate surface area is 103 Å². The molecule has 0 spiro atoms. The molecule has 4 nitrogen and oxygen atoms in total. The van der Waals surface area contributed by atoms with E-state index in [1.54, 1.807) is 6.26 Å². The normalized spacial score (nSPS) is 28.2. The molecule has 2 rings (SSSR count). The lowest BCUT2D eigenvalue weighted by Crippen LogP contribution is -2.41. The molecule has 1 aliphatic heterocycles. The van der Waals surface area contributed by atoms with E-state index in [0.717, 1.165) is 31.9 Å². The number of furan rings is 1. The SMILES string of the molecule is CC1CN(Cc2ccco2)CC(CO)N(C)C1. The average Bonchev–Trinajstić information content (AvgIpc) is 2.72. The van der Waals surface area contributed by atoms with Gasteiger partial charge in [0.2, 0.25) is 0 Å². The van der Waals surface area contributed by atoms with Gasteiger partial charge in [-0.15, -0.1) is 0 Å². The Kier molecular flexibility index (Phi) is 4.20. The summed E-state index contributed by atoms with van der Waals surface area (Å²) in [5.74, 6) is 1.62. The third-order valence-electron chi connectivity index (χ3n) is 3.43. The monoisotopic (exact) mass is 238 g/mol. The van der Waals surface area contributed by atoms with Gasteiger partial charge in [-0.3, -0.25) is 9.80 Å². The van der Waals surface area contributed by atoms with Crippen molar-refractivity contribution in [3.8, 4) is 0 Å². The first-order chi connectivity index (χ1) is 8.19. The molecule has 0 saturated carbocycles. The smallest absolute Gasteiger partial charge is 0.117 e. The molecule has 4 heteroatoms. The van der Waals surface area contributed by atoms with Crippen molar-refractivity contribution in [1.29, 1.82) is 0 Å². The van der Waals surface area contributed by atoms with Crippen LogP contribution in [0.4, 0.5) is 0 Å². The van der Waals surface area contributed by atoms with Crippen LogP contribution in [0.2, 0.25) is 0 Å². The van der Waals surface area contributed by atoms with Crippen molar-refractivity contribution in [2.45, 2.75) is 19.5 Å². The number of nitrogens with zero attached hydrogens (tertiary/aromatic N) is 2. The molecule has 1 saturated heterocycles. The summed E-state index contributed by atoms with van der Waals surface area (Å²) >= 11 is 0. The minimum absolute atomic E-state index is 0.220. The molecule has 2 atom stereocenters. The minimum atomic E-state index is 0.220. The highest BCUT2D eigenvalue weighted by Crippen LogP contribution is 2.15. The molecule has 0 aromatic carbocycles. The highest BCUT2D eigenvalue weighted by molar-refractivity contribution is 4.98. The van der Waals surface area contributed by atoms with Crippen molar-refractivity contribution in [3.05, 3.63) is 24.2 Å². The second-order valence-electron chi connectivity index (χ2n) is 5.15. The lowest BCUT2D eigenvalue weighted by molar-refractivity contribution is 0.126. The molecule has 0 amide bonds. The topological polar surface area (TPSA) is 39.9 Å². The molecule has 1 N–H and O–H groups in total. The number of rotatable bonds is 3. The molecule has 1 aliphatic rings. The van der Waals surface area contributed by atoms with E-state index in [4.69, 9.17) is 4.42 Å². The number of likely N-dealkylation sites (N-methyl/N-ethyl adjacent to an activating group) is 1. The van der Waals surface area contributed by atoms with Gasteiger partial charge in [0.05, 0.1) is 19.4 Å². The van der Waals surface area contributed by atoms with Crippen molar-refractivity contribution >= 4 is 0 Å². The van der Waals surface area contributed by atoms with E-state index >= 15 is 0 Å². The van der Waals surface area contributed by atoms with E-state index in [1.807, 2.05) is 12.1 Å². The van der Waals surface area contributed by atoms with Gasteiger partial charge in [-0.2, -0.15) is 0 Å². The first-order valence-corrected chi connectivity index (χ1v) is 6.25. The largest absolute Gasteiger partial charge is 0.468 e. The van der Waals surface area contributed by atoms with Crippen LogP contribution in [0, 0.1) is 5.92 Å². The maximum Gasteiger partial charge on any atom is 0.117 e. The number of aliphatic hydroxyl groups excluding tert-OH is 1. The standard InChI is InChI=1S/C13H22N2O2/c1-11-6-14(2)12(10-16)8-15(7-11)9-13-4-3-5-17-13/h3-5,11-12,16H,6-10H2,1-2H3. The minimum Gasteiger partial charge on any atom is -0.468 e. The molecular weight excluding hydrogens is 216 g/mol. The Morgan fingerprint density at radius 3 is 2.88 bits per heavy atom. The van der Waals surface area contributed by atoms with E-state index in [2.05, 4.69) is 23.8 Å². The Bertz CT molecular complexity index is 326. The van der Waals surface area contributed by atoms with Gasteiger partial charge in [0.25, 0.3) is 0 Å². The number of hydrogen-bond donors (Lipinski definition) is 1. The molecule has 0 radical (unpaired) electrons. The zero-order chi connectivity index (χ0) is 12.3. The predicted molar refractivity (Wildman–Crippen MR) is 66.7 cm³/mol. The Balaban J connectivity index is 2.00. The van der Waals surface area contributed by atoms with Gasteiger partial charge in [-0.25, -0.2) is 0 Å². The molecule has 0 bridgehead atoms. The summed E-state index contributed by atoms with van der Waals surface area (Å²) in [6, 6.07) is 4.16. The Morgan fingerprint density at radius 2 is 2.24 bits per heavy atom. The summed E-state index contributed by atoms with van der Waals surface area (Å²) in [6.07, 6.45) is 1.71. The molecule has 96 valence electrons. The maximum atomic E-state index is 9.42. The molecule has 1 fully saturated rings. The fraction of sp³-hybridized carbons (Fsp3) is 0.692. The second-order valence-corrected chi connectivity index (χ2v) is 5.15. The first-order valence-electron chi connectivity index (χ1n) is 6.25. The van der Waals surface area contributed by atoms with Crippen LogP contribution < -0.4 is 0 Å². The fourth-order valence-corrected chi connectivity index (χ4v) is 2.60. The summed E-state index contributed by atoms with van der Waals surface area (Å²) in [5, 5.41) is 9.42. The highest BCUT2D eigenvalue weighted by atomic mass is 16.3. The summed E-state index contributed by atoms with van der Waals surface area (Å²) < 4.78 is 5.39. The van der Waals surface area contributed by atoms with Crippen LogP contribution in [0.1, 0.15) is 12.7 Å². The third-order valence-corrected chi connectivity index (χ3v) is 3.43. The van der Waals surface area contributed by atoms with E-state index in [-0.39, 0.29) is 12.6 Å². The molecule has 2 heterocycles. The second kappa shape index (κ2) is 5.67. The molecule has 17 heavy (non-hydrogen) atoms. The van der Waals surface area contributed by atoms with Crippen molar-refractivity contribution in [2.24, 2.45) is 5.92 Å². The average molecular weight is 238 g/mol. The molecule has 1 aromatic rings. The van der Waals surface area contributed by atoms with Crippen molar-refractivity contribution in [3.63, 3.8) is 0 Å². The number of hydrogen-bond acceptors (Lipinski definition) is 4. The lowest BCUT2D eigenvalue weighted by atomic mass is 10.1. The van der Waals surface area contributed by atoms with Crippen LogP contribution in [0.15, 0.2) is 22.8 Å². The summed E-state index contributed by atoms with van der Waals surface area (Å²) in [4.78, 5) is 4.63. The summed E-state index contributed by atoms with van der Waals surface area (Å²) in [5.41, 5.74) is 0. The van der Waals surface area contributed by atoms with Gasteiger partial charge in [-0.05, 0) is 25.1 Å². The van der Waals surface area contributed by atoms with E-state index in [1.165, 1.54) is 0 Å². The third kappa shape index (κ3) is 3.31. The summed E-state index contributed by atoms with van der Waals surface area (Å²) in [6.45, 7) is 6.31. The van der Waals surface area contributed by atoms with Crippen LogP contribution in [0.25, 0.3) is 0 Å². The molecular formula is C13H22N2O2. The van der Waals surface area contributed by atoms with Gasteiger partial charge in [0.15, 0.2) is 0 Å². The van der Waals surface area contributed by atoms with E-state index < -0.39 is 0 Å². The Morgan fingerprint density at radius 1 is 1.41 bits per heavy atom. The van der Waals surface area contributed by atoms with Crippen LogP contribution >= 0.6 is 0 Å². The highest BCUT2D eigenvalue weighted by Gasteiger charge is 2.25. The fourth-order valence-electron chi connectivity index (χ4n) is 2.60. The molecule has 1 aromatic heterocycles. The van der Waals surface area contributed by atoms with E-state index in [9.17, 15) is 5.11 Å². The van der Waals surface area contributed by atoms with Crippen LogP contribution in [-0.4, -0.2) is 54.2 Å². The predicted octanol–water partition coefficient (Wildman–Crippen LogP) is 1.02. The van der Waals surface area contributed by atoms with Crippen molar-refractivity contribution in [1.82, 2.24) is 9.80 Å². The van der Waals surface area contributed by atoms with Gasteiger partial charge in [-0.1, -0.05) is 6.92 Å². The van der Waals surface area contributed by atoms with Crippen molar-refractivity contribution in [2.75, 3.05) is 33.3 Å². The zero-order valence-electron chi connectivity index (χ0n) is 10.7. The van der Waals surface area contributed by atoms with E-state index in [0.29, 0.717) is 5.92 Å². The zero-order valence-corrected chi connectivity index (χ0v) is 10.7. The van der Waals surface area contributed by atoms with Gasteiger partial charge < -0.3 is 9.52 Å². The van der Waals surface area contributed by atoms with Crippen molar-refractivity contribution < 1.29 is 9.52 Å². The summed E-state index contributed by atoms with van der Waals surface area (Å²) in [7, 11) is 2.09. The number of aliphatic hydroxyl groups is 1. The van der Waals surface area contributed by atoms with Gasteiger partial charge in [0, 0.05) is 25.7 Å². The maximum absolute atomic E-state index is 9.42. The van der Waals surface area contributed by atoms with Crippen LogP contribution in [0.5, 0.6) is 0 Å². The van der Waals surface area contributed by atoms with Gasteiger partial charge >= 0.3 is 0 Å².